The Balaban J connectivity index is 1.71. The van der Waals surface area contributed by atoms with E-state index in [1.165, 1.54) is 6.92 Å². The van der Waals surface area contributed by atoms with Gasteiger partial charge in [-0.1, -0.05) is 32.9 Å². The minimum atomic E-state index is -0.749. The van der Waals surface area contributed by atoms with Crippen molar-refractivity contribution in [2.75, 3.05) is 0 Å². The highest BCUT2D eigenvalue weighted by molar-refractivity contribution is 5.92. The van der Waals surface area contributed by atoms with Crippen LogP contribution >= 0.6 is 0 Å². The average molecular weight is 429 g/mol. The third-order valence-corrected chi connectivity index (χ3v) is 9.47. The Morgan fingerprint density at radius 3 is 2.68 bits per heavy atom. The van der Waals surface area contributed by atoms with E-state index in [0.717, 1.165) is 31.3 Å². The summed E-state index contributed by atoms with van der Waals surface area (Å²) in [5.41, 5.74) is 0.927. The zero-order valence-electron chi connectivity index (χ0n) is 19.2. The Labute approximate surface area is 185 Å². The Morgan fingerprint density at radius 2 is 2.00 bits per heavy atom. The molecule has 0 amide bonds. The average Bonchev–Trinajstić information content (AvgIpc) is 3.05. The van der Waals surface area contributed by atoms with Gasteiger partial charge < -0.3 is 9.84 Å². The number of hydrogen-bond acceptors (Lipinski definition) is 4. The first-order chi connectivity index (χ1) is 14.6. The number of carbonyl (C=O) groups excluding carboxylic acids is 2. The summed E-state index contributed by atoms with van der Waals surface area (Å²) in [5, 5.41) is 9.18. The van der Waals surface area contributed by atoms with E-state index in [9.17, 15) is 19.5 Å². The molecule has 0 spiro atoms. The van der Waals surface area contributed by atoms with Crippen molar-refractivity contribution in [3.8, 4) is 0 Å². The lowest BCUT2D eigenvalue weighted by Crippen LogP contribution is -2.57. The molecule has 0 saturated heterocycles. The molecule has 0 radical (unpaired) electrons. The van der Waals surface area contributed by atoms with Gasteiger partial charge in [0.05, 0.1) is 0 Å². The number of aliphatic carboxylic acids is 1. The Kier molecular flexibility index (Phi) is 5.68. The van der Waals surface area contributed by atoms with E-state index in [2.05, 4.69) is 32.9 Å². The molecule has 5 heteroatoms. The van der Waals surface area contributed by atoms with Crippen molar-refractivity contribution in [3.63, 3.8) is 0 Å². The van der Waals surface area contributed by atoms with E-state index in [-0.39, 0.29) is 41.0 Å². The highest BCUT2D eigenvalue weighted by Crippen LogP contribution is 2.67. The number of fused-ring (bicyclic) bond motifs is 5. The van der Waals surface area contributed by atoms with Crippen molar-refractivity contribution in [2.24, 2.45) is 40.4 Å². The molecule has 4 aliphatic carbocycles. The number of ketones is 1. The fourth-order valence-electron chi connectivity index (χ4n) is 7.83. The Morgan fingerprint density at radius 1 is 1.26 bits per heavy atom. The second-order valence-electron chi connectivity index (χ2n) is 10.9. The highest BCUT2D eigenvalue weighted by atomic mass is 16.5. The number of ether oxygens (including phenoxy) is 1. The van der Waals surface area contributed by atoms with Crippen LogP contribution in [-0.4, -0.2) is 28.9 Å². The number of carbonyl (C=O) groups is 3. The second kappa shape index (κ2) is 7.90. The number of allylic oxidation sites excluding steroid dienone is 4. The van der Waals surface area contributed by atoms with E-state index in [1.54, 1.807) is 0 Å². The quantitative estimate of drug-likeness (QED) is 0.627. The van der Waals surface area contributed by atoms with E-state index < -0.39 is 5.97 Å². The van der Waals surface area contributed by atoms with Crippen LogP contribution in [0.4, 0.5) is 0 Å². The molecule has 31 heavy (non-hydrogen) atoms. The van der Waals surface area contributed by atoms with Gasteiger partial charge in [0, 0.05) is 25.2 Å². The lowest BCUT2D eigenvalue weighted by Gasteiger charge is -2.58. The molecule has 8 atom stereocenters. The van der Waals surface area contributed by atoms with Crippen LogP contribution in [0.5, 0.6) is 0 Å². The van der Waals surface area contributed by atoms with Gasteiger partial charge in [-0.05, 0) is 78.8 Å². The molecule has 0 aromatic heterocycles. The summed E-state index contributed by atoms with van der Waals surface area (Å²) in [6, 6.07) is 0. The van der Waals surface area contributed by atoms with Gasteiger partial charge in [0.15, 0.2) is 5.78 Å². The Hall–Kier alpha value is -1.91. The van der Waals surface area contributed by atoms with Gasteiger partial charge in [0.1, 0.15) is 6.10 Å². The van der Waals surface area contributed by atoms with Crippen molar-refractivity contribution < 1.29 is 24.2 Å². The number of rotatable bonds is 5. The van der Waals surface area contributed by atoms with Crippen LogP contribution < -0.4 is 0 Å². The molecule has 0 unspecified atom stereocenters. The first-order valence-corrected chi connectivity index (χ1v) is 11.9. The fourth-order valence-corrected chi connectivity index (χ4v) is 7.83. The third kappa shape index (κ3) is 3.58. The van der Waals surface area contributed by atoms with Gasteiger partial charge >= 0.3 is 11.9 Å². The van der Waals surface area contributed by atoms with Crippen molar-refractivity contribution in [2.45, 2.75) is 78.7 Å². The van der Waals surface area contributed by atoms with Crippen LogP contribution in [-0.2, 0) is 19.1 Å². The first-order valence-electron chi connectivity index (χ1n) is 11.9. The van der Waals surface area contributed by atoms with Crippen molar-refractivity contribution in [1.29, 1.82) is 0 Å². The summed E-state index contributed by atoms with van der Waals surface area (Å²) in [5.74, 6) is 0.997. The number of carboxylic acid groups (broad SMARTS) is 1. The van der Waals surface area contributed by atoms with Crippen LogP contribution in [0.25, 0.3) is 0 Å². The minimum absolute atomic E-state index is 0.0555. The zero-order valence-corrected chi connectivity index (χ0v) is 19.2. The van der Waals surface area contributed by atoms with E-state index in [4.69, 9.17) is 4.74 Å². The van der Waals surface area contributed by atoms with Gasteiger partial charge in [-0.15, -0.1) is 0 Å². The highest BCUT2D eigenvalue weighted by Gasteiger charge is 2.63. The predicted octanol–water partition coefficient (Wildman–Crippen LogP) is 4.95. The molecule has 0 aromatic rings. The molecule has 4 rings (SSSR count). The molecule has 2 fully saturated rings. The third-order valence-electron chi connectivity index (χ3n) is 9.47. The van der Waals surface area contributed by atoms with Gasteiger partial charge in [0.2, 0.25) is 0 Å². The van der Waals surface area contributed by atoms with Gasteiger partial charge in [-0.2, -0.15) is 0 Å². The SMILES string of the molecule is CC(=O)O[C@H]1C[C@H]2[C@@H](C=CC3=CC(=O)CC[C@@]32C)[C@@H]2CC[C@H]([C@H](C)CCC(=O)O)[C@@]12C. The maximum atomic E-state index is 12.1. The smallest absolute Gasteiger partial charge is 0.303 e. The summed E-state index contributed by atoms with van der Waals surface area (Å²) in [6.45, 7) is 8.25. The second-order valence-corrected chi connectivity index (χ2v) is 10.9. The monoisotopic (exact) mass is 428 g/mol. The summed E-state index contributed by atoms with van der Waals surface area (Å²) >= 11 is 0. The number of carboxylic acids is 1. The van der Waals surface area contributed by atoms with E-state index >= 15 is 0 Å². The molecule has 0 aliphatic heterocycles. The predicted molar refractivity (Wildman–Crippen MR) is 117 cm³/mol. The standard InChI is InChI=1S/C26H36O5/c1-15(5-10-24(29)30)20-8-9-21-19-7-6-17-13-18(28)11-12-25(17,3)22(19)14-23(26(20,21)4)31-16(2)27/h6-7,13,15,19-23H,5,8-12,14H2,1-4H3,(H,29,30)/t15-,19+,20-,21+,22+,23+,25+,26-/m1/s1. The largest absolute Gasteiger partial charge is 0.481 e. The van der Waals surface area contributed by atoms with Crippen LogP contribution in [0.3, 0.4) is 0 Å². The molecule has 0 heterocycles. The zero-order chi connectivity index (χ0) is 22.6. The topological polar surface area (TPSA) is 80.7 Å². The molecule has 170 valence electrons. The molecule has 0 aromatic carbocycles. The number of esters is 1. The molecular formula is C26H36O5. The maximum absolute atomic E-state index is 12.1. The van der Waals surface area contributed by atoms with E-state index in [0.29, 0.717) is 36.5 Å². The van der Waals surface area contributed by atoms with E-state index in [1.807, 2.05) is 6.08 Å². The summed E-state index contributed by atoms with van der Waals surface area (Å²) in [4.78, 5) is 35.4. The molecule has 0 bridgehead atoms. The lowest BCUT2D eigenvalue weighted by molar-refractivity contribution is -0.175. The molecule has 5 nitrogen and oxygen atoms in total. The molecule has 4 aliphatic rings. The first kappa shape index (κ1) is 22.3. The van der Waals surface area contributed by atoms with Gasteiger partial charge in [0.25, 0.3) is 0 Å². The van der Waals surface area contributed by atoms with Gasteiger partial charge in [-0.3, -0.25) is 14.4 Å². The summed E-state index contributed by atoms with van der Waals surface area (Å²) < 4.78 is 6.04. The van der Waals surface area contributed by atoms with Crippen molar-refractivity contribution >= 4 is 17.7 Å². The summed E-state index contributed by atoms with van der Waals surface area (Å²) in [7, 11) is 0. The van der Waals surface area contributed by atoms with Crippen LogP contribution in [0.1, 0.15) is 72.6 Å². The van der Waals surface area contributed by atoms with Crippen molar-refractivity contribution in [3.05, 3.63) is 23.8 Å². The maximum Gasteiger partial charge on any atom is 0.303 e. The fraction of sp³-hybridized carbons (Fsp3) is 0.731. The number of hydrogen-bond donors (Lipinski definition) is 1. The molecule has 1 N–H and O–H groups in total. The Bertz CT molecular complexity index is 841. The molecule has 2 saturated carbocycles. The van der Waals surface area contributed by atoms with Crippen LogP contribution in [0.2, 0.25) is 0 Å². The molecular weight excluding hydrogens is 392 g/mol. The minimum Gasteiger partial charge on any atom is -0.481 e. The van der Waals surface area contributed by atoms with Crippen LogP contribution in [0.15, 0.2) is 23.8 Å². The van der Waals surface area contributed by atoms with Crippen LogP contribution in [0, 0.1) is 40.4 Å². The van der Waals surface area contributed by atoms with Gasteiger partial charge in [-0.25, -0.2) is 0 Å². The normalized spacial score (nSPS) is 42.1. The lowest BCUT2D eigenvalue weighted by atomic mass is 9.47. The summed E-state index contributed by atoms with van der Waals surface area (Å²) in [6.07, 6.45) is 11.4. The van der Waals surface area contributed by atoms with Crippen molar-refractivity contribution in [1.82, 2.24) is 0 Å².